The largest absolute Gasteiger partial charge is 0.341 e. The third kappa shape index (κ3) is 2.23. The Balaban J connectivity index is 1.95. The molecule has 1 amide bonds. The maximum Gasteiger partial charge on any atom is 0.239 e. The molecule has 2 N–H and O–H groups in total. The number of nitrogens with two attached hydrogens (primary N) is 1. The molecule has 0 aromatic heterocycles. The van der Waals surface area contributed by atoms with Crippen LogP contribution in [-0.4, -0.2) is 35.7 Å². The second kappa shape index (κ2) is 4.57. The van der Waals surface area contributed by atoms with Crippen LogP contribution in [0.5, 0.6) is 0 Å². The lowest BCUT2D eigenvalue weighted by atomic mass is 9.85. The SMILES string of the molecule is C[C@H](N)C(=O)N1CC[C@]2(CC[C@@H](CS)C2)C1. The van der Waals surface area contributed by atoms with E-state index >= 15 is 0 Å². The van der Waals surface area contributed by atoms with Crippen LogP contribution < -0.4 is 5.73 Å². The van der Waals surface area contributed by atoms with Gasteiger partial charge in [0, 0.05) is 13.1 Å². The Hall–Kier alpha value is -0.220. The van der Waals surface area contributed by atoms with Crippen LogP contribution in [0.3, 0.4) is 0 Å². The van der Waals surface area contributed by atoms with Crippen LogP contribution in [-0.2, 0) is 4.79 Å². The number of carbonyl (C=O) groups excluding carboxylic acids is 1. The number of thiol groups is 1. The Morgan fingerprint density at radius 1 is 1.62 bits per heavy atom. The monoisotopic (exact) mass is 242 g/mol. The molecule has 0 unspecified atom stereocenters. The summed E-state index contributed by atoms with van der Waals surface area (Å²) in [6.07, 6.45) is 4.96. The van der Waals surface area contributed by atoms with Crippen molar-refractivity contribution in [2.45, 2.75) is 38.6 Å². The second-order valence-electron chi connectivity index (χ2n) is 5.59. The highest BCUT2D eigenvalue weighted by molar-refractivity contribution is 7.80. The van der Waals surface area contributed by atoms with Gasteiger partial charge in [0.1, 0.15) is 0 Å². The number of likely N-dealkylation sites (tertiary alicyclic amines) is 1. The highest BCUT2D eigenvalue weighted by Crippen LogP contribution is 2.48. The zero-order valence-corrected chi connectivity index (χ0v) is 10.9. The molecule has 0 radical (unpaired) electrons. The van der Waals surface area contributed by atoms with E-state index < -0.39 is 0 Å². The van der Waals surface area contributed by atoms with Crippen molar-refractivity contribution in [2.75, 3.05) is 18.8 Å². The molecule has 2 rings (SSSR count). The van der Waals surface area contributed by atoms with E-state index in [1.165, 1.54) is 19.3 Å². The van der Waals surface area contributed by atoms with Crippen molar-refractivity contribution in [1.82, 2.24) is 4.90 Å². The van der Waals surface area contributed by atoms with Crippen molar-refractivity contribution in [3.05, 3.63) is 0 Å². The van der Waals surface area contributed by atoms with E-state index in [9.17, 15) is 4.79 Å². The van der Waals surface area contributed by atoms with Gasteiger partial charge in [-0.2, -0.15) is 12.6 Å². The number of rotatable bonds is 2. The van der Waals surface area contributed by atoms with E-state index in [4.69, 9.17) is 5.73 Å². The number of hydrogen-bond acceptors (Lipinski definition) is 3. The van der Waals surface area contributed by atoms with E-state index in [0.717, 1.165) is 31.2 Å². The molecule has 0 bridgehead atoms. The molecule has 0 aromatic carbocycles. The van der Waals surface area contributed by atoms with Crippen molar-refractivity contribution in [3.8, 4) is 0 Å². The van der Waals surface area contributed by atoms with Crippen LogP contribution in [0.1, 0.15) is 32.6 Å². The smallest absolute Gasteiger partial charge is 0.239 e. The van der Waals surface area contributed by atoms with E-state index in [0.29, 0.717) is 5.41 Å². The lowest BCUT2D eigenvalue weighted by Gasteiger charge is -2.25. The molecule has 16 heavy (non-hydrogen) atoms. The Kier molecular flexibility index (Phi) is 3.50. The first-order valence-electron chi connectivity index (χ1n) is 6.21. The number of amides is 1. The summed E-state index contributed by atoms with van der Waals surface area (Å²) in [4.78, 5) is 13.8. The van der Waals surface area contributed by atoms with Gasteiger partial charge in [-0.25, -0.2) is 0 Å². The summed E-state index contributed by atoms with van der Waals surface area (Å²) in [5.74, 6) is 1.86. The molecule has 92 valence electrons. The van der Waals surface area contributed by atoms with Crippen molar-refractivity contribution in [3.63, 3.8) is 0 Å². The summed E-state index contributed by atoms with van der Waals surface area (Å²) in [7, 11) is 0. The van der Waals surface area contributed by atoms with Gasteiger partial charge in [0.15, 0.2) is 0 Å². The maximum absolute atomic E-state index is 11.8. The first-order chi connectivity index (χ1) is 7.56. The van der Waals surface area contributed by atoms with Crippen molar-refractivity contribution in [1.29, 1.82) is 0 Å². The highest BCUT2D eigenvalue weighted by Gasteiger charge is 2.44. The van der Waals surface area contributed by atoms with Gasteiger partial charge in [-0.3, -0.25) is 4.79 Å². The fourth-order valence-electron chi connectivity index (χ4n) is 3.26. The normalized spacial score (nSPS) is 35.9. The Morgan fingerprint density at radius 3 is 2.94 bits per heavy atom. The lowest BCUT2D eigenvalue weighted by molar-refractivity contribution is -0.131. The van der Waals surface area contributed by atoms with Gasteiger partial charge >= 0.3 is 0 Å². The summed E-state index contributed by atoms with van der Waals surface area (Å²) >= 11 is 4.39. The molecule has 1 heterocycles. The molecular formula is C12H22N2OS. The van der Waals surface area contributed by atoms with Gasteiger partial charge in [-0.1, -0.05) is 0 Å². The molecule has 1 aliphatic heterocycles. The second-order valence-corrected chi connectivity index (χ2v) is 5.96. The quantitative estimate of drug-likeness (QED) is 0.717. The topological polar surface area (TPSA) is 46.3 Å². The van der Waals surface area contributed by atoms with Crippen molar-refractivity contribution < 1.29 is 4.79 Å². The van der Waals surface area contributed by atoms with E-state index in [1.807, 2.05) is 4.90 Å². The predicted molar refractivity (Wildman–Crippen MR) is 68.5 cm³/mol. The average molecular weight is 242 g/mol. The minimum atomic E-state index is -0.350. The number of carbonyl (C=O) groups is 1. The number of nitrogens with zero attached hydrogens (tertiary/aromatic N) is 1. The lowest BCUT2D eigenvalue weighted by Crippen LogP contribution is -2.41. The van der Waals surface area contributed by atoms with E-state index in [1.54, 1.807) is 6.92 Å². The summed E-state index contributed by atoms with van der Waals surface area (Å²) in [5, 5.41) is 0. The zero-order chi connectivity index (χ0) is 11.8. The van der Waals surface area contributed by atoms with Gasteiger partial charge in [-0.05, 0) is 49.7 Å². The molecule has 3 atom stereocenters. The van der Waals surface area contributed by atoms with Gasteiger partial charge in [0.2, 0.25) is 5.91 Å². The zero-order valence-electron chi connectivity index (χ0n) is 9.98. The fraction of sp³-hybridized carbons (Fsp3) is 0.917. The van der Waals surface area contributed by atoms with Gasteiger partial charge in [0.25, 0.3) is 0 Å². The maximum atomic E-state index is 11.8. The van der Waals surface area contributed by atoms with Crippen LogP contribution in [0.25, 0.3) is 0 Å². The minimum absolute atomic E-state index is 0.117. The minimum Gasteiger partial charge on any atom is -0.341 e. The first kappa shape index (κ1) is 12.2. The van der Waals surface area contributed by atoms with Crippen LogP contribution in [0, 0.1) is 11.3 Å². The fourth-order valence-corrected chi connectivity index (χ4v) is 3.58. The standard InChI is InChI=1S/C12H22N2OS/c1-9(13)11(15)14-5-4-12(8-14)3-2-10(6-12)7-16/h9-10,16H,2-8,13H2,1H3/t9-,10+,12-/m0/s1. The third-order valence-corrected chi connectivity index (χ3v) is 4.72. The van der Waals surface area contributed by atoms with Gasteiger partial charge < -0.3 is 10.6 Å². The predicted octanol–water partition coefficient (Wildman–Crippen LogP) is 1.28. The van der Waals surface area contributed by atoms with Crippen LogP contribution in [0.15, 0.2) is 0 Å². The van der Waals surface area contributed by atoms with E-state index in [-0.39, 0.29) is 11.9 Å². The molecule has 0 aromatic rings. The first-order valence-corrected chi connectivity index (χ1v) is 6.85. The molecule has 2 fully saturated rings. The average Bonchev–Trinajstić information content (AvgIpc) is 2.85. The molecule has 1 aliphatic carbocycles. The van der Waals surface area contributed by atoms with Crippen molar-refractivity contribution >= 4 is 18.5 Å². The van der Waals surface area contributed by atoms with Crippen molar-refractivity contribution in [2.24, 2.45) is 17.1 Å². The molecule has 3 nitrogen and oxygen atoms in total. The van der Waals surface area contributed by atoms with E-state index in [2.05, 4.69) is 12.6 Å². The molecular weight excluding hydrogens is 220 g/mol. The highest BCUT2D eigenvalue weighted by atomic mass is 32.1. The summed E-state index contributed by atoms with van der Waals surface area (Å²) in [6, 6.07) is -0.350. The Morgan fingerprint density at radius 2 is 2.38 bits per heavy atom. The van der Waals surface area contributed by atoms with Gasteiger partial charge in [0.05, 0.1) is 6.04 Å². The van der Waals surface area contributed by atoms with Crippen LogP contribution >= 0.6 is 12.6 Å². The van der Waals surface area contributed by atoms with Crippen LogP contribution in [0.4, 0.5) is 0 Å². The Labute approximate surface area is 103 Å². The summed E-state index contributed by atoms with van der Waals surface area (Å²) in [5.41, 5.74) is 6.05. The van der Waals surface area contributed by atoms with Gasteiger partial charge in [-0.15, -0.1) is 0 Å². The molecule has 4 heteroatoms. The number of hydrogen-bond donors (Lipinski definition) is 2. The summed E-state index contributed by atoms with van der Waals surface area (Å²) < 4.78 is 0. The third-order valence-electron chi connectivity index (χ3n) is 4.20. The molecule has 1 spiro atoms. The molecule has 2 aliphatic rings. The van der Waals surface area contributed by atoms with Crippen LogP contribution in [0.2, 0.25) is 0 Å². The molecule has 1 saturated heterocycles. The molecule has 1 saturated carbocycles. The Bertz CT molecular complexity index is 282. The summed E-state index contributed by atoms with van der Waals surface area (Å²) in [6.45, 7) is 3.61.